The van der Waals surface area contributed by atoms with Crippen molar-refractivity contribution in [1.82, 2.24) is 0 Å². The van der Waals surface area contributed by atoms with Crippen molar-refractivity contribution in [3.8, 4) is 0 Å². The summed E-state index contributed by atoms with van der Waals surface area (Å²) in [5, 5.41) is 0. The lowest BCUT2D eigenvalue weighted by molar-refractivity contribution is -0.114. The molecule has 0 N–H and O–H groups in total. The number of Topliss-reactive ketones (excluding diaryl/α,β-unsaturated/α-hetero) is 1. The third-order valence-corrected chi connectivity index (χ3v) is 2.97. The van der Waals surface area contributed by atoms with Crippen LogP contribution in [0.3, 0.4) is 0 Å². The van der Waals surface area contributed by atoms with E-state index < -0.39 is 17.5 Å². The van der Waals surface area contributed by atoms with Gasteiger partial charge >= 0.3 is 0 Å². The third kappa shape index (κ3) is 2.17. The van der Waals surface area contributed by atoms with Crippen molar-refractivity contribution in [3.05, 3.63) is 29.6 Å². The lowest BCUT2D eigenvalue weighted by Crippen LogP contribution is -2.30. The standard InChI is InChI=1S/C12H11ClFNO2/c13-5-1-2-6-15-10-4-3-8(14)7-9(10)11(16)12(15)17/h3-4,7H,1-2,5-6H2. The smallest absolute Gasteiger partial charge is 0.299 e. The molecule has 1 heterocycles. The fourth-order valence-electron chi connectivity index (χ4n) is 1.86. The number of rotatable bonds is 4. The molecule has 1 aromatic carbocycles. The number of benzene rings is 1. The van der Waals surface area contributed by atoms with Crippen molar-refractivity contribution in [3.63, 3.8) is 0 Å². The summed E-state index contributed by atoms with van der Waals surface area (Å²) in [6, 6.07) is 3.82. The maximum Gasteiger partial charge on any atom is 0.299 e. The summed E-state index contributed by atoms with van der Waals surface area (Å²) < 4.78 is 13.0. The molecule has 0 radical (unpaired) electrons. The van der Waals surface area contributed by atoms with Crippen LogP contribution in [-0.2, 0) is 4.79 Å². The summed E-state index contributed by atoms with van der Waals surface area (Å²) >= 11 is 5.55. The van der Waals surface area contributed by atoms with Crippen molar-refractivity contribution >= 4 is 29.0 Å². The Morgan fingerprint density at radius 1 is 1.24 bits per heavy atom. The Balaban J connectivity index is 2.25. The van der Waals surface area contributed by atoms with Crippen molar-refractivity contribution in [2.24, 2.45) is 0 Å². The Morgan fingerprint density at radius 2 is 2.00 bits per heavy atom. The van der Waals surface area contributed by atoms with Gasteiger partial charge in [0.1, 0.15) is 5.82 Å². The Bertz CT molecular complexity index is 476. The van der Waals surface area contributed by atoms with Crippen LogP contribution in [0.15, 0.2) is 18.2 Å². The highest BCUT2D eigenvalue weighted by atomic mass is 35.5. The lowest BCUT2D eigenvalue weighted by Gasteiger charge is -2.15. The third-order valence-electron chi connectivity index (χ3n) is 2.70. The predicted molar refractivity (Wildman–Crippen MR) is 63.0 cm³/mol. The summed E-state index contributed by atoms with van der Waals surface area (Å²) in [5.74, 6) is -1.20. The van der Waals surface area contributed by atoms with E-state index in [0.717, 1.165) is 18.9 Å². The second-order valence-corrected chi connectivity index (χ2v) is 4.22. The van der Waals surface area contributed by atoms with E-state index in [2.05, 4.69) is 0 Å². The molecule has 0 fully saturated rings. The van der Waals surface area contributed by atoms with Gasteiger partial charge in [-0.05, 0) is 31.0 Å². The zero-order chi connectivity index (χ0) is 12.4. The Hall–Kier alpha value is -1.42. The highest BCUT2D eigenvalue weighted by molar-refractivity contribution is 6.52. The van der Waals surface area contributed by atoms with Gasteiger partial charge in [-0.25, -0.2) is 4.39 Å². The number of carbonyl (C=O) groups is 2. The molecule has 0 bridgehead atoms. The van der Waals surface area contributed by atoms with Gasteiger partial charge < -0.3 is 4.90 Å². The maximum absolute atomic E-state index is 13.0. The van der Waals surface area contributed by atoms with Crippen molar-refractivity contribution in [2.45, 2.75) is 12.8 Å². The molecule has 2 rings (SSSR count). The number of fused-ring (bicyclic) bond motifs is 1. The van der Waals surface area contributed by atoms with E-state index >= 15 is 0 Å². The number of carbonyl (C=O) groups excluding carboxylic acids is 2. The second-order valence-electron chi connectivity index (χ2n) is 3.84. The van der Waals surface area contributed by atoms with E-state index in [4.69, 9.17) is 11.6 Å². The van der Waals surface area contributed by atoms with Crippen LogP contribution in [-0.4, -0.2) is 24.1 Å². The minimum atomic E-state index is -0.634. The van der Waals surface area contributed by atoms with Crippen LogP contribution >= 0.6 is 11.6 Å². The van der Waals surface area contributed by atoms with E-state index in [1.807, 2.05) is 0 Å². The number of unbranched alkanes of at least 4 members (excludes halogenated alkanes) is 1. The fourth-order valence-corrected chi connectivity index (χ4v) is 2.05. The summed E-state index contributed by atoms with van der Waals surface area (Å²) in [7, 11) is 0. The molecule has 0 saturated carbocycles. The van der Waals surface area contributed by atoms with Gasteiger partial charge in [0.05, 0.1) is 11.3 Å². The van der Waals surface area contributed by atoms with Crippen molar-refractivity contribution < 1.29 is 14.0 Å². The largest absolute Gasteiger partial charge is 0.305 e. The molecular weight excluding hydrogens is 245 g/mol. The number of anilines is 1. The molecule has 1 aliphatic rings. The fraction of sp³-hybridized carbons (Fsp3) is 0.333. The molecule has 1 aliphatic heterocycles. The molecule has 0 atom stereocenters. The van der Waals surface area contributed by atoms with Crippen LogP contribution < -0.4 is 4.90 Å². The van der Waals surface area contributed by atoms with Gasteiger partial charge in [0, 0.05) is 12.4 Å². The zero-order valence-electron chi connectivity index (χ0n) is 9.08. The number of amides is 1. The summed E-state index contributed by atoms with van der Waals surface area (Å²) in [6.45, 7) is 0.440. The second kappa shape index (κ2) is 4.84. The number of hydrogen-bond donors (Lipinski definition) is 0. The first-order valence-electron chi connectivity index (χ1n) is 5.37. The Labute approximate surface area is 103 Å². The van der Waals surface area contributed by atoms with Gasteiger partial charge in [-0.15, -0.1) is 11.6 Å². The van der Waals surface area contributed by atoms with Crippen LogP contribution in [0.25, 0.3) is 0 Å². The first kappa shape index (κ1) is 12.0. The topological polar surface area (TPSA) is 37.4 Å². The van der Waals surface area contributed by atoms with E-state index in [-0.39, 0.29) is 5.56 Å². The molecule has 17 heavy (non-hydrogen) atoms. The molecule has 0 aromatic heterocycles. The van der Waals surface area contributed by atoms with Crippen LogP contribution in [0, 0.1) is 5.82 Å². The number of nitrogens with zero attached hydrogens (tertiary/aromatic N) is 1. The molecule has 1 aromatic rings. The minimum absolute atomic E-state index is 0.154. The van der Waals surface area contributed by atoms with E-state index in [1.54, 1.807) is 0 Å². The number of alkyl halides is 1. The molecule has 0 saturated heterocycles. The normalized spacial score (nSPS) is 14.4. The van der Waals surface area contributed by atoms with Gasteiger partial charge in [0.2, 0.25) is 0 Å². The van der Waals surface area contributed by atoms with Crippen LogP contribution in [0.4, 0.5) is 10.1 Å². The van der Waals surface area contributed by atoms with Crippen LogP contribution in [0.5, 0.6) is 0 Å². The summed E-state index contributed by atoms with van der Waals surface area (Å²) in [6.07, 6.45) is 1.50. The number of halogens is 2. The molecule has 0 spiro atoms. The van der Waals surface area contributed by atoms with Crippen LogP contribution in [0.1, 0.15) is 23.2 Å². The van der Waals surface area contributed by atoms with Gasteiger partial charge in [-0.1, -0.05) is 0 Å². The first-order valence-corrected chi connectivity index (χ1v) is 5.90. The molecule has 5 heteroatoms. The molecule has 0 aliphatic carbocycles. The maximum atomic E-state index is 13.0. The van der Waals surface area contributed by atoms with E-state index in [0.29, 0.717) is 18.1 Å². The minimum Gasteiger partial charge on any atom is -0.305 e. The Morgan fingerprint density at radius 3 is 2.71 bits per heavy atom. The molecule has 3 nitrogen and oxygen atoms in total. The highest BCUT2D eigenvalue weighted by Gasteiger charge is 2.35. The number of hydrogen-bond acceptors (Lipinski definition) is 2. The predicted octanol–water partition coefficient (Wildman–Crippen LogP) is 2.37. The van der Waals surface area contributed by atoms with Gasteiger partial charge in [-0.3, -0.25) is 9.59 Å². The Kier molecular flexibility index (Phi) is 3.43. The van der Waals surface area contributed by atoms with E-state index in [1.165, 1.54) is 17.0 Å². The SMILES string of the molecule is O=C1C(=O)N(CCCCCl)c2ccc(F)cc21. The summed E-state index contributed by atoms with van der Waals surface area (Å²) in [5.41, 5.74) is 0.650. The van der Waals surface area contributed by atoms with E-state index in [9.17, 15) is 14.0 Å². The molecule has 90 valence electrons. The first-order chi connectivity index (χ1) is 8.15. The van der Waals surface area contributed by atoms with Gasteiger partial charge in [-0.2, -0.15) is 0 Å². The average Bonchev–Trinajstić information content (AvgIpc) is 2.54. The monoisotopic (exact) mass is 255 g/mol. The summed E-state index contributed by atoms with van der Waals surface area (Å²) in [4.78, 5) is 24.7. The molecule has 0 unspecified atom stereocenters. The van der Waals surface area contributed by atoms with Crippen molar-refractivity contribution in [2.75, 3.05) is 17.3 Å². The molecule has 1 amide bonds. The van der Waals surface area contributed by atoms with Crippen molar-refractivity contribution in [1.29, 1.82) is 0 Å². The zero-order valence-corrected chi connectivity index (χ0v) is 9.84. The van der Waals surface area contributed by atoms with Gasteiger partial charge in [0.15, 0.2) is 0 Å². The lowest BCUT2D eigenvalue weighted by atomic mass is 10.1. The molecular formula is C12H11ClFNO2. The van der Waals surface area contributed by atoms with Crippen LogP contribution in [0.2, 0.25) is 0 Å². The quantitative estimate of drug-likeness (QED) is 0.471. The average molecular weight is 256 g/mol. The van der Waals surface area contributed by atoms with Gasteiger partial charge in [0.25, 0.3) is 11.7 Å². The number of ketones is 1. The highest BCUT2D eigenvalue weighted by Crippen LogP contribution is 2.29.